The van der Waals surface area contributed by atoms with Gasteiger partial charge in [-0.1, -0.05) is 18.3 Å². The summed E-state index contributed by atoms with van der Waals surface area (Å²) >= 11 is 0. The number of nitrogens with zero attached hydrogens (tertiary/aromatic N) is 5. The second kappa shape index (κ2) is 5.47. The summed E-state index contributed by atoms with van der Waals surface area (Å²) in [4.78, 5) is 33.0. The highest BCUT2D eigenvalue weighted by Gasteiger charge is 2.53. The molecule has 0 spiro atoms. The lowest BCUT2D eigenvalue weighted by Crippen LogP contribution is -2.57. The second-order valence-corrected chi connectivity index (χ2v) is 6.14. The average Bonchev–Trinajstić information content (AvgIpc) is 3.02. The number of hydrogen-bond donors (Lipinski definition) is 0. The maximum absolute atomic E-state index is 13.0. The molecule has 1 fully saturated rings. The molecule has 1 saturated heterocycles. The third-order valence-corrected chi connectivity index (χ3v) is 4.88. The minimum Gasteiger partial charge on any atom is -0.270 e. The van der Waals surface area contributed by atoms with Gasteiger partial charge in [-0.25, -0.2) is 13.9 Å². The zero-order chi connectivity index (χ0) is 16.9. The van der Waals surface area contributed by atoms with Gasteiger partial charge in [0.25, 0.3) is 5.91 Å². The number of aliphatic imine (C=N–C) groups is 1. The van der Waals surface area contributed by atoms with Crippen LogP contribution in [0.5, 0.6) is 0 Å². The van der Waals surface area contributed by atoms with Crippen molar-refractivity contribution in [1.82, 2.24) is 14.4 Å². The van der Waals surface area contributed by atoms with Crippen LogP contribution in [0.25, 0.3) is 0 Å². The van der Waals surface area contributed by atoms with Gasteiger partial charge in [-0.15, -0.1) is 0 Å². The molecule has 0 bridgehead atoms. The Balaban J connectivity index is 2.10. The van der Waals surface area contributed by atoms with Gasteiger partial charge in [0.1, 0.15) is 11.4 Å². The molecule has 2 aliphatic rings. The second-order valence-electron chi connectivity index (χ2n) is 6.14. The van der Waals surface area contributed by atoms with E-state index in [1.807, 2.05) is 25.3 Å². The van der Waals surface area contributed by atoms with Crippen LogP contribution in [0, 0.1) is 13.8 Å². The molecule has 1 unspecified atom stereocenters. The molecule has 1 aromatic rings. The van der Waals surface area contributed by atoms with E-state index in [-0.39, 0.29) is 11.9 Å². The number of aromatic nitrogens is 2. The van der Waals surface area contributed by atoms with Crippen LogP contribution in [0.4, 0.5) is 10.7 Å². The van der Waals surface area contributed by atoms with Gasteiger partial charge in [0, 0.05) is 13.6 Å². The van der Waals surface area contributed by atoms with Crippen molar-refractivity contribution in [2.45, 2.75) is 53.1 Å². The van der Waals surface area contributed by atoms with Gasteiger partial charge in [0.15, 0.2) is 0 Å². The molecule has 3 rings (SSSR count). The fourth-order valence-electron chi connectivity index (χ4n) is 3.40. The minimum absolute atomic E-state index is 0.166. The number of fused-ring (bicyclic) bond motifs is 3. The fraction of sp³-hybridized carbons (Fsp3) is 0.625. The van der Waals surface area contributed by atoms with Gasteiger partial charge >= 0.3 is 12.0 Å². The smallest absolute Gasteiger partial charge is 0.270 e. The molecule has 1 aromatic heterocycles. The third kappa shape index (κ3) is 2.02. The maximum Gasteiger partial charge on any atom is 0.402 e. The number of likely N-dealkylation sites (N-methyl/N-ethyl adjacent to an activating group) is 1. The molecule has 1 atom stereocenters. The zero-order valence-electron chi connectivity index (χ0n) is 14.5. The predicted octanol–water partition coefficient (Wildman–Crippen LogP) is 1.69. The lowest BCUT2D eigenvalue weighted by Gasteiger charge is -2.33. The first kappa shape index (κ1) is 15.7. The van der Waals surface area contributed by atoms with Crippen molar-refractivity contribution in [3.8, 4) is 0 Å². The summed E-state index contributed by atoms with van der Waals surface area (Å²) in [5.74, 6) is 1.13. The Labute approximate surface area is 136 Å². The van der Waals surface area contributed by atoms with Crippen molar-refractivity contribution in [1.29, 1.82) is 0 Å². The quantitative estimate of drug-likeness (QED) is 0.793. The predicted molar refractivity (Wildman–Crippen MR) is 85.7 cm³/mol. The molecule has 0 aliphatic carbocycles. The lowest BCUT2D eigenvalue weighted by atomic mass is 10.1. The number of imide groups is 1. The van der Waals surface area contributed by atoms with Crippen molar-refractivity contribution in [3.63, 3.8) is 0 Å². The molecule has 124 valence electrons. The van der Waals surface area contributed by atoms with E-state index in [1.165, 1.54) is 9.80 Å². The average molecular weight is 318 g/mol. The van der Waals surface area contributed by atoms with E-state index in [1.54, 1.807) is 7.05 Å². The molecule has 0 aromatic carbocycles. The van der Waals surface area contributed by atoms with Gasteiger partial charge in [-0.05, 0) is 27.2 Å². The van der Waals surface area contributed by atoms with E-state index in [0.717, 1.165) is 36.7 Å². The largest absolute Gasteiger partial charge is 0.402 e. The van der Waals surface area contributed by atoms with Crippen LogP contribution in [0.1, 0.15) is 44.1 Å². The van der Waals surface area contributed by atoms with Gasteiger partial charge in [-0.2, -0.15) is 0 Å². The van der Waals surface area contributed by atoms with Crippen molar-refractivity contribution in [2.24, 2.45) is 4.99 Å². The Bertz CT molecular complexity index is 719. The monoisotopic (exact) mass is 318 g/mol. The van der Waals surface area contributed by atoms with Gasteiger partial charge < -0.3 is 0 Å². The topological polar surface area (TPSA) is 61.8 Å². The number of amides is 3. The van der Waals surface area contributed by atoms with Crippen molar-refractivity contribution in [3.05, 3.63) is 11.4 Å². The molecule has 3 amide bonds. The SMILES string of the molecule is CCCCN1C(=O)C2C(=Nc3n2c(C)c(C)[n+]3CC)N(C)C1=O. The normalized spacial score (nSPS) is 20.0. The van der Waals surface area contributed by atoms with Crippen LogP contribution in [0.15, 0.2) is 4.99 Å². The Morgan fingerprint density at radius 2 is 1.91 bits per heavy atom. The zero-order valence-corrected chi connectivity index (χ0v) is 14.5. The molecule has 23 heavy (non-hydrogen) atoms. The first-order chi connectivity index (χ1) is 10.9. The molecule has 0 radical (unpaired) electrons. The molecule has 2 aliphatic heterocycles. The van der Waals surface area contributed by atoms with E-state index in [0.29, 0.717) is 12.4 Å². The van der Waals surface area contributed by atoms with Crippen molar-refractivity contribution >= 4 is 23.7 Å². The van der Waals surface area contributed by atoms with E-state index < -0.39 is 6.04 Å². The third-order valence-electron chi connectivity index (χ3n) is 4.88. The highest BCUT2D eigenvalue weighted by molar-refractivity contribution is 6.20. The summed E-state index contributed by atoms with van der Waals surface area (Å²) in [5.41, 5.74) is 2.13. The molecule has 3 heterocycles. The Morgan fingerprint density at radius 1 is 1.22 bits per heavy atom. The van der Waals surface area contributed by atoms with Crippen LogP contribution in [0.2, 0.25) is 0 Å². The van der Waals surface area contributed by atoms with Gasteiger partial charge in [-0.3, -0.25) is 14.6 Å². The molecule has 0 saturated carbocycles. The van der Waals surface area contributed by atoms with Crippen LogP contribution >= 0.6 is 0 Å². The summed E-state index contributed by atoms with van der Waals surface area (Å²) in [6, 6.07) is -0.794. The first-order valence-electron chi connectivity index (χ1n) is 8.22. The number of amidine groups is 1. The number of imidazole rings is 1. The summed E-state index contributed by atoms with van der Waals surface area (Å²) < 4.78 is 4.06. The number of hydrogen-bond acceptors (Lipinski definition) is 3. The Morgan fingerprint density at radius 3 is 2.52 bits per heavy atom. The van der Waals surface area contributed by atoms with Gasteiger partial charge in [0.2, 0.25) is 11.9 Å². The summed E-state index contributed by atoms with van der Waals surface area (Å²) in [7, 11) is 1.70. The Kier molecular flexibility index (Phi) is 3.74. The van der Waals surface area contributed by atoms with Crippen LogP contribution in [-0.4, -0.2) is 45.7 Å². The number of rotatable bonds is 4. The number of unbranched alkanes of at least 4 members (excludes halogenated alkanes) is 1. The highest BCUT2D eigenvalue weighted by atomic mass is 16.2. The molecular formula is C16H24N5O2+. The maximum atomic E-state index is 13.0. The minimum atomic E-state index is -0.518. The summed E-state index contributed by atoms with van der Waals surface area (Å²) in [6.45, 7) is 9.39. The van der Waals surface area contributed by atoms with E-state index >= 15 is 0 Å². The van der Waals surface area contributed by atoms with Crippen LogP contribution in [-0.2, 0) is 11.3 Å². The molecule has 7 nitrogen and oxygen atoms in total. The van der Waals surface area contributed by atoms with E-state index in [9.17, 15) is 9.59 Å². The highest BCUT2D eigenvalue weighted by Crippen LogP contribution is 2.35. The summed E-state index contributed by atoms with van der Waals surface area (Å²) in [5, 5.41) is 0. The first-order valence-corrected chi connectivity index (χ1v) is 8.22. The number of carbonyl (C=O) groups is 2. The fourth-order valence-corrected chi connectivity index (χ4v) is 3.40. The molecular weight excluding hydrogens is 294 g/mol. The van der Waals surface area contributed by atoms with Crippen molar-refractivity contribution in [2.75, 3.05) is 13.6 Å². The Hall–Kier alpha value is -2.18. The van der Waals surface area contributed by atoms with Crippen LogP contribution < -0.4 is 4.57 Å². The number of carbonyl (C=O) groups excluding carboxylic acids is 2. The van der Waals surface area contributed by atoms with E-state index in [2.05, 4.69) is 16.5 Å². The summed E-state index contributed by atoms with van der Waals surface area (Å²) in [6.07, 6.45) is 1.76. The van der Waals surface area contributed by atoms with E-state index in [4.69, 9.17) is 0 Å². The van der Waals surface area contributed by atoms with Crippen molar-refractivity contribution < 1.29 is 14.2 Å². The molecule has 0 N–H and O–H groups in total. The van der Waals surface area contributed by atoms with Gasteiger partial charge in [0.05, 0.1) is 6.54 Å². The molecule has 7 heteroatoms. The lowest BCUT2D eigenvalue weighted by molar-refractivity contribution is -0.685. The van der Waals surface area contributed by atoms with Crippen LogP contribution in [0.3, 0.4) is 0 Å². The standard InChI is InChI=1S/C16H24N5O2/c1-6-8-9-20-14(22)12-13(18(5)16(20)23)17-15-19(7-2)10(3)11(4)21(12)15/h12H,6-9H2,1-5H3/q+1. The number of urea groups is 1.